The van der Waals surface area contributed by atoms with Gasteiger partial charge in [0.15, 0.2) is 5.78 Å². The topological polar surface area (TPSA) is 283 Å². The van der Waals surface area contributed by atoms with Crippen molar-refractivity contribution in [3.05, 3.63) is 71.3 Å². The van der Waals surface area contributed by atoms with Crippen LogP contribution >= 0.6 is 0 Å². The molecule has 5 atom stereocenters. The summed E-state index contributed by atoms with van der Waals surface area (Å²) in [4.78, 5) is 102. The van der Waals surface area contributed by atoms with Crippen LogP contribution in [-0.4, -0.2) is 93.4 Å². The molecule has 2 aromatic carbocycles. The van der Waals surface area contributed by atoms with Crippen molar-refractivity contribution < 1.29 is 53.8 Å². The maximum absolute atomic E-state index is 13.8. The number of hydroxylamine groups is 1. The van der Waals surface area contributed by atoms with E-state index < -0.39 is 72.1 Å². The smallest absolute Gasteiger partial charge is 0.305 e. The van der Waals surface area contributed by atoms with E-state index >= 15 is 0 Å². The second-order valence-electron chi connectivity index (χ2n) is 13.8. The van der Waals surface area contributed by atoms with Crippen molar-refractivity contribution in [2.24, 2.45) is 17.6 Å². The molecule has 0 saturated heterocycles. The minimum Gasteiger partial charge on any atom is -0.481 e. The molecule has 17 heteroatoms. The number of hydrogen-bond donors (Lipinski definition) is 9. The monoisotopic (exact) mass is 792 g/mol. The van der Waals surface area contributed by atoms with Crippen molar-refractivity contribution in [2.45, 2.75) is 95.9 Å². The summed E-state index contributed by atoms with van der Waals surface area (Å²) < 4.78 is 0. The zero-order valence-electron chi connectivity index (χ0n) is 32.0. The molecule has 0 bridgehead atoms. The summed E-state index contributed by atoms with van der Waals surface area (Å²) in [5, 5.41) is 39.0. The predicted octanol–water partition coefficient (Wildman–Crippen LogP) is 0.493. The van der Waals surface area contributed by atoms with Crippen molar-refractivity contribution in [2.75, 3.05) is 6.54 Å². The highest BCUT2D eigenvalue weighted by atomic mass is 16.5. The van der Waals surface area contributed by atoms with E-state index in [4.69, 9.17) is 17.4 Å². The molecule has 1 unspecified atom stereocenters. The fourth-order valence-electron chi connectivity index (χ4n) is 5.76. The minimum absolute atomic E-state index is 0.0731. The molecular formula is C40H52N6O11. The first kappa shape index (κ1) is 47.0. The number of unbranched alkanes of at least 4 members (excludes halogenated alkanes) is 2. The van der Waals surface area contributed by atoms with E-state index in [0.717, 1.165) is 0 Å². The number of carboxylic acids is 1. The second kappa shape index (κ2) is 24.4. The highest BCUT2D eigenvalue weighted by molar-refractivity contribution is 6.09. The highest BCUT2D eigenvalue weighted by Crippen LogP contribution is 2.18. The molecule has 0 aliphatic rings. The Hall–Kier alpha value is -6.12. The maximum Gasteiger partial charge on any atom is 0.305 e. The molecule has 0 aliphatic heterocycles. The number of nitrogens with two attached hydrogens (primary N) is 1. The molecule has 6 amide bonds. The molecule has 308 valence electrons. The molecular weight excluding hydrogens is 740 g/mol. The van der Waals surface area contributed by atoms with Gasteiger partial charge in [0, 0.05) is 36.9 Å². The summed E-state index contributed by atoms with van der Waals surface area (Å²) >= 11 is 0. The Balaban J connectivity index is 2.33. The number of primary amides is 1. The fraction of sp³-hybridized carbons (Fsp3) is 0.450. The van der Waals surface area contributed by atoms with Gasteiger partial charge >= 0.3 is 5.97 Å². The summed E-state index contributed by atoms with van der Waals surface area (Å²) in [7, 11) is 0. The Morgan fingerprint density at radius 3 is 1.95 bits per heavy atom. The Morgan fingerprint density at radius 1 is 0.772 bits per heavy atom. The lowest BCUT2D eigenvalue weighted by molar-refractivity contribution is -0.148. The number of terminal acetylenes is 1. The van der Waals surface area contributed by atoms with Crippen LogP contribution in [0.2, 0.25) is 0 Å². The molecule has 2 rings (SSSR count). The molecule has 0 fully saturated rings. The van der Waals surface area contributed by atoms with Crippen molar-refractivity contribution in [1.29, 1.82) is 0 Å². The Labute approximate surface area is 330 Å². The average Bonchev–Trinajstić information content (AvgIpc) is 3.18. The standard InChI is InChI=1S/C40H52N6O11/c1-4-5-7-15-32(47)42-20-11-10-14-29(36(41)52)43-38(54)30(22-25-16-18-27(19-17-25)34(50)26-12-8-6-9-13-26)45-39(55)31(23-33(48)49)44-37(53)28(21-24(2)3)35(51)40(56)46-57/h1,6,8-9,12-13,16-19,24,28-31,35,51,57H,5,7,10-11,14-15,20-23H2,2-3H3,(H2,41,52)(H,42,47)(H,43,54)(H,44,53)(H,45,55)(H,46,56)(H,48,49)/t28-,29?,30+,31+,35+/m1/s1. The largest absolute Gasteiger partial charge is 0.481 e. The average molecular weight is 793 g/mol. The number of carbonyl (C=O) groups is 8. The Kier molecular flexibility index (Phi) is 20.1. The van der Waals surface area contributed by atoms with E-state index in [-0.39, 0.29) is 43.3 Å². The molecule has 57 heavy (non-hydrogen) atoms. The van der Waals surface area contributed by atoms with Crippen LogP contribution in [-0.2, 0) is 40.0 Å². The van der Waals surface area contributed by atoms with Crippen LogP contribution in [0.3, 0.4) is 0 Å². The van der Waals surface area contributed by atoms with E-state index in [9.17, 15) is 48.6 Å². The summed E-state index contributed by atoms with van der Waals surface area (Å²) in [6, 6.07) is 10.1. The van der Waals surface area contributed by atoms with Gasteiger partial charge in [-0.05, 0) is 43.6 Å². The van der Waals surface area contributed by atoms with E-state index in [1.165, 1.54) is 17.6 Å². The number of rotatable bonds is 25. The molecule has 0 heterocycles. The van der Waals surface area contributed by atoms with E-state index in [0.29, 0.717) is 48.9 Å². The lowest BCUT2D eigenvalue weighted by Crippen LogP contribution is -2.58. The normalized spacial score (nSPS) is 13.4. The first-order chi connectivity index (χ1) is 27.1. The number of aliphatic hydroxyl groups is 1. The lowest BCUT2D eigenvalue weighted by Gasteiger charge is -2.27. The summed E-state index contributed by atoms with van der Waals surface area (Å²) in [5.74, 6) is -6.52. The van der Waals surface area contributed by atoms with Crippen LogP contribution in [0, 0.1) is 24.2 Å². The summed E-state index contributed by atoms with van der Waals surface area (Å²) in [6.45, 7) is 3.66. The molecule has 0 spiro atoms. The highest BCUT2D eigenvalue weighted by Gasteiger charge is 2.36. The van der Waals surface area contributed by atoms with Gasteiger partial charge in [-0.1, -0.05) is 68.4 Å². The van der Waals surface area contributed by atoms with Crippen LogP contribution < -0.4 is 32.5 Å². The number of nitrogens with one attached hydrogen (secondary N) is 5. The fourth-order valence-corrected chi connectivity index (χ4v) is 5.76. The number of ketones is 1. The number of aliphatic carboxylic acids is 1. The van der Waals surface area contributed by atoms with Crippen molar-refractivity contribution in [3.63, 3.8) is 0 Å². The summed E-state index contributed by atoms with van der Waals surface area (Å²) in [6.07, 6.45) is 4.01. The maximum atomic E-state index is 13.8. The third kappa shape index (κ3) is 16.6. The van der Waals surface area contributed by atoms with E-state index in [1.807, 2.05) is 0 Å². The zero-order valence-corrected chi connectivity index (χ0v) is 32.0. The third-order valence-electron chi connectivity index (χ3n) is 8.79. The number of amides is 6. The number of aliphatic hydroxyl groups excluding tert-OH is 1. The quantitative estimate of drug-likeness (QED) is 0.0219. The molecule has 0 saturated carbocycles. The van der Waals surface area contributed by atoms with Crippen LogP contribution in [0.4, 0.5) is 0 Å². The lowest BCUT2D eigenvalue weighted by atomic mass is 9.90. The van der Waals surface area contributed by atoms with Gasteiger partial charge in [-0.2, -0.15) is 0 Å². The number of hydrogen-bond acceptors (Lipinski definition) is 10. The second-order valence-corrected chi connectivity index (χ2v) is 13.8. The van der Waals surface area contributed by atoms with E-state index in [1.54, 1.807) is 56.3 Å². The molecule has 10 N–H and O–H groups in total. The molecule has 0 radical (unpaired) electrons. The number of benzene rings is 2. The third-order valence-corrected chi connectivity index (χ3v) is 8.79. The number of carboxylic acid groups (broad SMARTS) is 1. The van der Waals surface area contributed by atoms with Gasteiger partial charge in [0.05, 0.1) is 12.3 Å². The van der Waals surface area contributed by atoms with Gasteiger partial charge in [0.1, 0.15) is 24.2 Å². The van der Waals surface area contributed by atoms with Crippen LogP contribution in [0.5, 0.6) is 0 Å². The molecule has 2 aromatic rings. The van der Waals surface area contributed by atoms with Gasteiger partial charge in [0.2, 0.25) is 29.5 Å². The van der Waals surface area contributed by atoms with Gasteiger partial charge in [-0.25, -0.2) is 5.48 Å². The van der Waals surface area contributed by atoms with Crippen LogP contribution in [0.25, 0.3) is 0 Å². The van der Waals surface area contributed by atoms with Crippen LogP contribution in [0.1, 0.15) is 86.7 Å². The van der Waals surface area contributed by atoms with Gasteiger partial charge < -0.3 is 37.2 Å². The Bertz CT molecular complexity index is 1740. The van der Waals surface area contributed by atoms with Crippen molar-refractivity contribution >= 4 is 47.2 Å². The van der Waals surface area contributed by atoms with Crippen molar-refractivity contribution in [3.8, 4) is 12.3 Å². The number of carbonyl (C=O) groups excluding carboxylic acids is 7. The Morgan fingerprint density at radius 2 is 1.37 bits per heavy atom. The molecule has 0 aliphatic carbocycles. The predicted molar refractivity (Wildman–Crippen MR) is 206 cm³/mol. The van der Waals surface area contributed by atoms with E-state index in [2.05, 4.69) is 27.2 Å². The minimum atomic E-state index is -2.05. The molecule has 0 aromatic heterocycles. The summed E-state index contributed by atoms with van der Waals surface area (Å²) in [5.41, 5.74) is 8.09. The first-order valence-electron chi connectivity index (χ1n) is 18.5. The van der Waals surface area contributed by atoms with Gasteiger partial charge in [0.25, 0.3) is 5.91 Å². The SMILES string of the molecule is C#CCCCC(=O)NCCCCC(NC(=O)[C@H](Cc1ccc(C(=O)c2ccccc2)cc1)NC(=O)[C@H](CC(=O)O)NC(=O)[C@H](CC(C)C)[C@H](O)C(=O)NO)C(N)=O. The molecule has 17 nitrogen and oxygen atoms in total. The van der Waals surface area contributed by atoms with Gasteiger partial charge in [-0.15, -0.1) is 12.3 Å². The zero-order chi connectivity index (χ0) is 42.5. The van der Waals surface area contributed by atoms with Crippen molar-refractivity contribution in [1.82, 2.24) is 26.7 Å². The van der Waals surface area contributed by atoms with Gasteiger partial charge in [-0.3, -0.25) is 43.6 Å². The first-order valence-corrected chi connectivity index (χ1v) is 18.5. The van der Waals surface area contributed by atoms with Crippen LogP contribution in [0.15, 0.2) is 54.6 Å².